The lowest BCUT2D eigenvalue weighted by Gasteiger charge is -2.34. The number of likely N-dealkylation sites (tertiary alicyclic amines) is 1. The van der Waals surface area contributed by atoms with Gasteiger partial charge in [0, 0.05) is 19.6 Å². The summed E-state index contributed by atoms with van der Waals surface area (Å²) in [6.07, 6.45) is 7.68. The molecular formula is C15H31NO. The summed E-state index contributed by atoms with van der Waals surface area (Å²) in [7, 11) is 0. The summed E-state index contributed by atoms with van der Waals surface area (Å²) in [5.74, 6) is 1.90. The quantitative estimate of drug-likeness (QED) is 0.802. The Morgan fingerprint density at radius 1 is 0.941 bits per heavy atom. The third kappa shape index (κ3) is 5.39. The fourth-order valence-electron chi connectivity index (χ4n) is 2.98. The first-order valence-electron chi connectivity index (χ1n) is 7.64. The van der Waals surface area contributed by atoms with Crippen LogP contribution in [0.25, 0.3) is 0 Å². The molecule has 0 aromatic rings. The molecule has 1 saturated heterocycles. The van der Waals surface area contributed by atoms with E-state index in [1.807, 2.05) is 13.8 Å². The summed E-state index contributed by atoms with van der Waals surface area (Å²) in [5.41, 5.74) is 0. The third-order valence-electron chi connectivity index (χ3n) is 4.21. The van der Waals surface area contributed by atoms with Crippen molar-refractivity contribution < 1.29 is 5.11 Å². The molecule has 0 spiro atoms. The molecule has 1 aliphatic carbocycles. The van der Waals surface area contributed by atoms with E-state index in [2.05, 4.69) is 11.8 Å². The maximum Gasteiger partial charge on any atom is 0.0564 e. The van der Waals surface area contributed by atoms with Crippen molar-refractivity contribution in [3.05, 3.63) is 0 Å². The van der Waals surface area contributed by atoms with Crippen LogP contribution in [0.1, 0.15) is 59.3 Å². The summed E-state index contributed by atoms with van der Waals surface area (Å²) >= 11 is 0. The minimum Gasteiger partial charge on any atom is -0.393 e. The molecule has 0 amide bonds. The van der Waals surface area contributed by atoms with Gasteiger partial charge in [-0.15, -0.1) is 0 Å². The summed E-state index contributed by atoms with van der Waals surface area (Å²) in [5, 5.41) is 9.44. The van der Waals surface area contributed by atoms with Crippen LogP contribution in [0.3, 0.4) is 0 Å². The predicted molar refractivity (Wildman–Crippen MR) is 74.2 cm³/mol. The molecule has 2 rings (SSSR count). The van der Waals surface area contributed by atoms with Gasteiger partial charge in [0.05, 0.1) is 6.10 Å². The Bertz CT molecular complexity index is 159. The van der Waals surface area contributed by atoms with Gasteiger partial charge in [-0.1, -0.05) is 33.6 Å². The normalized spacial score (nSPS) is 31.8. The zero-order chi connectivity index (χ0) is 12.7. The second-order valence-electron chi connectivity index (χ2n) is 5.66. The first kappa shape index (κ1) is 15.0. The van der Waals surface area contributed by atoms with Gasteiger partial charge in [-0.2, -0.15) is 0 Å². The predicted octanol–water partition coefficient (Wildman–Crippen LogP) is 3.30. The fourth-order valence-corrected chi connectivity index (χ4v) is 2.98. The van der Waals surface area contributed by atoms with Crippen LogP contribution in [-0.2, 0) is 0 Å². The molecule has 1 heterocycles. The molecule has 1 N–H and O–H groups in total. The molecule has 1 saturated carbocycles. The number of hydrogen-bond acceptors (Lipinski definition) is 2. The summed E-state index contributed by atoms with van der Waals surface area (Å²) in [6.45, 7) is 9.91. The standard InChI is InChI=1S/C13H25NO.C2H6/c1-11-2-4-12(5-3-11)10-14-8-6-13(15)7-9-14;1-2/h11-13,15H,2-10H2,1H3;1-2H3. The SMILES string of the molecule is CC.CC1CCC(CN2CCC(O)CC2)CC1. The smallest absolute Gasteiger partial charge is 0.0564 e. The van der Waals surface area contributed by atoms with Crippen molar-refractivity contribution in [2.75, 3.05) is 19.6 Å². The molecule has 1 aliphatic heterocycles. The lowest BCUT2D eigenvalue weighted by Crippen LogP contribution is -2.39. The van der Waals surface area contributed by atoms with E-state index in [1.54, 1.807) is 0 Å². The van der Waals surface area contributed by atoms with Gasteiger partial charge >= 0.3 is 0 Å². The van der Waals surface area contributed by atoms with Crippen molar-refractivity contribution in [1.29, 1.82) is 0 Å². The molecule has 2 aliphatic rings. The van der Waals surface area contributed by atoms with Crippen LogP contribution in [0.15, 0.2) is 0 Å². The summed E-state index contributed by atoms with van der Waals surface area (Å²) < 4.78 is 0. The summed E-state index contributed by atoms with van der Waals surface area (Å²) in [4.78, 5) is 2.56. The van der Waals surface area contributed by atoms with Gasteiger partial charge in [-0.25, -0.2) is 0 Å². The van der Waals surface area contributed by atoms with Gasteiger partial charge in [0.2, 0.25) is 0 Å². The Hall–Kier alpha value is -0.0800. The Morgan fingerprint density at radius 2 is 1.47 bits per heavy atom. The molecule has 102 valence electrons. The Labute approximate surface area is 107 Å². The number of rotatable bonds is 2. The van der Waals surface area contributed by atoms with Gasteiger partial charge in [-0.3, -0.25) is 0 Å². The first-order valence-corrected chi connectivity index (χ1v) is 7.64. The van der Waals surface area contributed by atoms with Crippen LogP contribution in [-0.4, -0.2) is 35.7 Å². The second-order valence-corrected chi connectivity index (χ2v) is 5.66. The molecule has 17 heavy (non-hydrogen) atoms. The highest BCUT2D eigenvalue weighted by molar-refractivity contribution is 4.77. The molecule has 2 heteroatoms. The van der Waals surface area contributed by atoms with E-state index in [4.69, 9.17) is 0 Å². The van der Waals surface area contributed by atoms with Crippen molar-refractivity contribution in [1.82, 2.24) is 4.90 Å². The van der Waals surface area contributed by atoms with E-state index in [-0.39, 0.29) is 6.10 Å². The molecule has 0 radical (unpaired) electrons. The average Bonchev–Trinajstić information content (AvgIpc) is 2.37. The van der Waals surface area contributed by atoms with E-state index in [0.717, 1.165) is 37.8 Å². The average molecular weight is 241 g/mol. The third-order valence-corrected chi connectivity index (χ3v) is 4.21. The highest BCUT2D eigenvalue weighted by Crippen LogP contribution is 2.29. The zero-order valence-corrected chi connectivity index (χ0v) is 12.0. The molecule has 0 unspecified atom stereocenters. The maximum absolute atomic E-state index is 9.44. The summed E-state index contributed by atoms with van der Waals surface area (Å²) in [6, 6.07) is 0. The molecule has 2 nitrogen and oxygen atoms in total. The molecule has 2 fully saturated rings. The number of hydrogen-bond donors (Lipinski definition) is 1. The topological polar surface area (TPSA) is 23.5 Å². The van der Waals surface area contributed by atoms with Gasteiger partial charge in [0.25, 0.3) is 0 Å². The van der Waals surface area contributed by atoms with Crippen molar-refractivity contribution in [2.24, 2.45) is 11.8 Å². The van der Waals surface area contributed by atoms with Crippen molar-refractivity contribution in [3.63, 3.8) is 0 Å². The largest absolute Gasteiger partial charge is 0.393 e. The van der Waals surface area contributed by atoms with Gasteiger partial charge in [0.15, 0.2) is 0 Å². The molecule has 0 bridgehead atoms. The molecule has 0 aromatic heterocycles. The van der Waals surface area contributed by atoms with Crippen LogP contribution in [0.4, 0.5) is 0 Å². The van der Waals surface area contributed by atoms with E-state index >= 15 is 0 Å². The first-order chi connectivity index (χ1) is 8.24. The minimum absolute atomic E-state index is 0.0207. The van der Waals surface area contributed by atoms with Crippen molar-refractivity contribution in [3.8, 4) is 0 Å². The second kappa shape index (κ2) is 8.10. The number of aliphatic hydroxyl groups excluding tert-OH is 1. The Kier molecular flexibility index (Phi) is 7.14. The lowest BCUT2D eigenvalue weighted by molar-refractivity contribution is 0.0692. The molecule has 0 atom stereocenters. The molecule has 0 aromatic carbocycles. The Morgan fingerprint density at radius 3 is 2.00 bits per heavy atom. The van der Waals surface area contributed by atoms with Crippen LogP contribution in [0, 0.1) is 11.8 Å². The van der Waals surface area contributed by atoms with Gasteiger partial charge in [0.1, 0.15) is 0 Å². The van der Waals surface area contributed by atoms with E-state index < -0.39 is 0 Å². The Balaban J connectivity index is 0.000000686. The van der Waals surface area contributed by atoms with Crippen LogP contribution in [0.5, 0.6) is 0 Å². The number of piperidine rings is 1. The van der Waals surface area contributed by atoms with Crippen LogP contribution < -0.4 is 0 Å². The number of aliphatic hydroxyl groups is 1. The fraction of sp³-hybridized carbons (Fsp3) is 1.00. The van der Waals surface area contributed by atoms with E-state index in [9.17, 15) is 5.11 Å². The monoisotopic (exact) mass is 241 g/mol. The highest BCUT2D eigenvalue weighted by atomic mass is 16.3. The zero-order valence-electron chi connectivity index (χ0n) is 12.0. The van der Waals surface area contributed by atoms with Gasteiger partial charge in [-0.05, 0) is 37.5 Å². The maximum atomic E-state index is 9.44. The van der Waals surface area contributed by atoms with Crippen molar-refractivity contribution in [2.45, 2.75) is 65.4 Å². The number of nitrogens with zero attached hydrogens (tertiary/aromatic N) is 1. The lowest BCUT2D eigenvalue weighted by atomic mass is 9.82. The van der Waals surface area contributed by atoms with Crippen molar-refractivity contribution >= 4 is 0 Å². The van der Waals surface area contributed by atoms with Crippen LogP contribution in [0.2, 0.25) is 0 Å². The van der Waals surface area contributed by atoms with E-state index in [1.165, 1.54) is 32.2 Å². The van der Waals surface area contributed by atoms with Gasteiger partial charge < -0.3 is 10.0 Å². The van der Waals surface area contributed by atoms with Crippen LogP contribution >= 0.6 is 0 Å². The highest BCUT2D eigenvalue weighted by Gasteiger charge is 2.23. The molecular weight excluding hydrogens is 210 g/mol. The van der Waals surface area contributed by atoms with E-state index in [0.29, 0.717) is 0 Å². The minimum atomic E-state index is -0.0207.